The van der Waals surface area contributed by atoms with Gasteiger partial charge in [-0.2, -0.15) is 5.26 Å². The van der Waals surface area contributed by atoms with Gasteiger partial charge in [-0.05, 0) is 6.07 Å². The number of nitriles is 1. The highest BCUT2D eigenvalue weighted by Gasteiger charge is 2.42. The lowest BCUT2D eigenvalue weighted by Crippen LogP contribution is -2.40. The predicted molar refractivity (Wildman–Crippen MR) is 66.4 cm³/mol. The van der Waals surface area contributed by atoms with Crippen LogP contribution in [0.1, 0.15) is 22.0 Å². The Bertz CT molecular complexity index is 760. The SMILES string of the molecule is N#CC1c2cc(F)c(F)c(F)c2C(=O)N1CC(=O)NCC(=O)O. The largest absolute Gasteiger partial charge is 0.480 e. The lowest BCUT2D eigenvalue weighted by atomic mass is 10.0. The zero-order valence-corrected chi connectivity index (χ0v) is 11.3. The summed E-state index contributed by atoms with van der Waals surface area (Å²) in [4.78, 5) is 34.6. The van der Waals surface area contributed by atoms with Crippen LogP contribution < -0.4 is 5.32 Å². The molecule has 1 aromatic carbocycles. The number of hydrogen-bond acceptors (Lipinski definition) is 4. The fourth-order valence-electron chi connectivity index (χ4n) is 2.16. The van der Waals surface area contributed by atoms with Crippen LogP contribution in [0.25, 0.3) is 0 Å². The Balaban J connectivity index is 2.33. The van der Waals surface area contributed by atoms with Crippen LogP contribution in [0.4, 0.5) is 13.2 Å². The molecule has 1 aliphatic rings. The van der Waals surface area contributed by atoms with E-state index in [1.807, 2.05) is 5.32 Å². The van der Waals surface area contributed by atoms with E-state index in [9.17, 15) is 27.6 Å². The predicted octanol–water partition coefficient (Wildman–Crippen LogP) is 0.325. The Morgan fingerprint density at radius 2 is 2.00 bits per heavy atom. The number of aliphatic carboxylic acids is 1. The van der Waals surface area contributed by atoms with Crippen LogP contribution >= 0.6 is 0 Å². The van der Waals surface area contributed by atoms with Crippen molar-refractivity contribution >= 4 is 17.8 Å². The molecule has 1 atom stereocenters. The van der Waals surface area contributed by atoms with Crippen LogP contribution in [0.5, 0.6) is 0 Å². The van der Waals surface area contributed by atoms with E-state index < -0.39 is 59.9 Å². The second-order valence-corrected chi connectivity index (χ2v) is 4.59. The van der Waals surface area contributed by atoms with Gasteiger partial charge in [0, 0.05) is 5.56 Å². The molecule has 23 heavy (non-hydrogen) atoms. The number of halogens is 3. The minimum Gasteiger partial charge on any atom is -0.480 e. The van der Waals surface area contributed by atoms with Gasteiger partial charge in [-0.25, -0.2) is 13.2 Å². The number of carboxylic acid groups (broad SMARTS) is 1. The van der Waals surface area contributed by atoms with E-state index in [2.05, 4.69) is 0 Å². The van der Waals surface area contributed by atoms with Crippen molar-refractivity contribution in [2.75, 3.05) is 13.1 Å². The number of fused-ring (bicyclic) bond motifs is 1. The molecular formula is C13H8F3N3O4. The van der Waals surface area contributed by atoms with Crippen molar-refractivity contribution in [1.29, 1.82) is 5.26 Å². The minimum atomic E-state index is -1.86. The maximum atomic E-state index is 13.7. The number of amides is 2. The molecule has 1 aliphatic heterocycles. The Morgan fingerprint density at radius 1 is 1.35 bits per heavy atom. The van der Waals surface area contributed by atoms with E-state index in [0.29, 0.717) is 11.0 Å². The van der Waals surface area contributed by atoms with Gasteiger partial charge in [0.05, 0.1) is 11.6 Å². The van der Waals surface area contributed by atoms with Gasteiger partial charge >= 0.3 is 5.97 Å². The van der Waals surface area contributed by atoms with E-state index in [1.54, 1.807) is 6.07 Å². The van der Waals surface area contributed by atoms with E-state index in [4.69, 9.17) is 10.4 Å². The number of nitrogens with zero attached hydrogens (tertiary/aromatic N) is 2. The van der Waals surface area contributed by atoms with E-state index >= 15 is 0 Å². The molecule has 1 unspecified atom stereocenters. The minimum absolute atomic E-state index is 0.389. The van der Waals surface area contributed by atoms with Gasteiger partial charge in [0.15, 0.2) is 17.5 Å². The molecule has 0 saturated heterocycles. The summed E-state index contributed by atoms with van der Waals surface area (Å²) in [6, 6.07) is 0.632. The van der Waals surface area contributed by atoms with Crippen molar-refractivity contribution in [1.82, 2.24) is 10.2 Å². The average molecular weight is 327 g/mol. The molecule has 7 nitrogen and oxygen atoms in total. The zero-order valence-electron chi connectivity index (χ0n) is 11.3. The number of hydrogen-bond donors (Lipinski definition) is 2. The number of carboxylic acids is 1. The van der Waals surface area contributed by atoms with Crippen LogP contribution in [-0.2, 0) is 9.59 Å². The van der Waals surface area contributed by atoms with Crippen molar-refractivity contribution in [3.8, 4) is 6.07 Å². The molecule has 1 heterocycles. The molecule has 0 radical (unpaired) electrons. The van der Waals surface area contributed by atoms with Gasteiger partial charge in [-0.1, -0.05) is 0 Å². The first-order valence-corrected chi connectivity index (χ1v) is 6.14. The first-order chi connectivity index (χ1) is 10.8. The molecular weight excluding hydrogens is 319 g/mol. The monoisotopic (exact) mass is 327 g/mol. The Labute approximate surface area is 126 Å². The third-order valence-electron chi connectivity index (χ3n) is 3.15. The number of carbonyl (C=O) groups excluding carboxylic acids is 2. The van der Waals surface area contributed by atoms with Crippen LogP contribution in [0.3, 0.4) is 0 Å². The number of benzene rings is 1. The standard InChI is InChI=1S/C13H8F3N3O4/c14-6-1-5-7(2-17)19(4-8(20)18-3-9(21)22)13(23)10(5)12(16)11(6)15/h1,7H,3-4H2,(H,18,20)(H,21,22). The molecule has 0 saturated carbocycles. The summed E-state index contributed by atoms with van der Waals surface area (Å²) in [6.07, 6.45) is 0. The lowest BCUT2D eigenvalue weighted by molar-refractivity contribution is -0.138. The van der Waals surface area contributed by atoms with Crippen molar-refractivity contribution in [2.45, 2.75) is 6.04 Å². The molecule has 10 heteroatoms. The van der Waals surface area contributed by atoms with Crippen LogP contribution in [-0.4, -0.2) is 40.9 Å². The van der Waals surface area contributed by atoms with Crippen LogP contribution in [0.2, 0.25) is 0 Å². The third-order valence-corrected chi connectivity index (χ3v) is 3.15. The molecule has 120 valence electrons. The van der Waals surface area contributed by atoms with Crippen molar-refractivity contribution in [3.63, 3.8) is 0 Å². The molecule has 0 aliphatic carbocycles. The highest BCUT2D eigenvalue weighted by Crippen LogP contribution is 2.36. The normalized spacial score (nSPS) is 16.0. The number of rotatable bonds is 4. The fraction of sp³-hybridized carbons (Fsp3) is 0.231. The Kier molecular flexibility index (Phi) is 4.22. The van der Waals surface area contributed by atoms with Gasteiger partial charge in [0.25, 0.3) is 5.91 Å². The van der Waals surface area contributed by atoms with E-state index in [0.717, 1.165) is 0 Å². The Morgan fingerprint density at radius 3 is 2.57 bits per heavy atom. The summed E-state index contributed by atoms with van der Waals surface area (Å²) in [5.74, 6) is -8.57. The Hall–Kier alpha value is -3.09. The second-order valence-electron chi connectivity index (χ2n) is 4.59. The summed E-state index contributed by atoms with van der Waals surface area (Å²) >= 11 is 0. The van der Waals surface area contributed by atoms with Crippen LogP contribution in [0.15, 0.2) is 6.07 Å². The molecule has 0 aromatic heterocycles. The lowest BCUT2D eigenvalue weighted by Gasteiger charge is -2.19. The highest BCUT2D eigenvalue weighted by atomic mass is 19.2. The topological polar surface area (TPSA) is 111 Å². The van der Waals surface area contributed by atoms with Crippen molar-refractivity contribution in [3.05, 3.63) is 34.6 Å². The quantitative estimate of drug-likeness (QED) is 0.774. The first-order valence-electron chi connectivity index (χ1n) is 6.14. The molecule has 2 rings (SSSR count). The van der Waals surface area contributed by atoms with Crippen LogP contribution in [0, 0.1) is 28.8 Å². The number of nitrogens with one attached hydrogen (secondary N) is 1. The molecule has 0 fully saturated rings. The molecule has 0 bridgehead atoms. The second kappa shape index (κ2) is 5.96. The zero-order chi connectivity index (χ0) is 17.3. The third kappa shape index (κ3) is 2.80. The van der Waals surface area contributed by atoms with Gasteiger partial charge < -0.3 is 15.3 Å². The molecule has 1 aromatic rings. The highest BCUT2D eigenvalue weighted by molar-refractivity contribution is 6.02. The summed E-state index contributed by atoms with van der Waals surface area (Å²) in [7, 11) is 0. The first kappa shape index (κ1) is 16.3. The summed E-state index contributed by atoms with van der Waals surface area (Å²) in [6.45, 7) is -1.48. The summed E-state index contributed by atoms with van der Waals surface area (Å²) in [5.41, 5.74) is -1.21. The van der Waals surface area contributed by atoms with Gasteiger partial charge in [0.2, 0.25) is 5.91 Å². The molecule has 0 spiro atoms. The van der Waals surface area contributed by atoms with E-state index in [-0.39, 0.29) is 5.56 Å². The van der Waals surface area contributed by atoms with E-state index in [1.165, 1.54) is 0 Å². The smallest absolute Gasteiger partial charge is 0.322 e. The maximum absolute atomic E-state index is 13.7. The van der Waals surface area contributed by atoms with Gasteiger partial charge in [0.1, 0.15) is 19.1 Å². The molecule has 2 amide bonds. The maximum Gasteiger partial charge on any atom is 0.322 e. The van der Waals surface area contributed by atoms with Crippen molar-refractivity contribution in [2.24, 2.45) is 0 Å². The molecule has 2 N–H and O–H groups in total. The van der Waals surface area contributed by atoms with Gasteiger partial charge in [-0.3, -0.25) is 14.4 Å². The summed E-state index contributed by atoms with van der Waals surface area (Å²) in [5, 5.41) is 19.5. The summed E-state index contributed by atoms with van der Waals surface area (Å²) < 4.78 is 40.3. The van der Waals surface area contributed by atoms with Gasteiger partial charge in [-0.15, -0.1) is 0 Å². The fourth-order valence-corrected chi connectivity index (χ4v) is 2.16. The average Bonchev–Trinajstić information content (AvgIpc) is 2.74. The number of carbonyl (C=O) groups is 3. The van der Waals surface area contributed by atoms with Crippen molar-refractivity contribution < 1.29 is 32.7 Å².